The minimum absolute atomic E-state index is 0.323. The summed E-state index contributed by atoms with van der Waals surface area (Å²) in [6.07, 6.45) is 0. The van der Waals surface area contributed by atoms with E-state index in [2.05, 4.69) is 16.2 Å². The number of hydrogen-bond donors (Lipinski definition) is 3. The van der Waals surface area contributed by atoms with E-state index < -0.39 is 17.9 Å². The van der Waals surface area contributed by atoms with Gasteiger partial charge in [-0.15, -0.1) is 11.8 Å². The van der Waals surface area contributed by atoms with Crippen LogP contribution in [-0.2, 0) is 15.3 Å². The Morgan fingerprint density at radius 3 is 2.22 bits per heavy atom. The first kappa shape index (κ1) is 20.8. The third kappa shape index (κ3) is 6.96. The van der Waals surface area contributed by atoms with E-state index in [9.17, 15) is 14.4 Å². The highest BCUT2D eigenvalue weighted by atomic mass is 35.5. The monoisotopic (exact) mass is 405 g/mol. The molecular formula is C19H20ClN3O3S. The lowest BCUT2D eigenvalue weighted by Gasteiger charge is -2.13. The maximum absolute atomic E-state index is 12.1. The van der Waals surface area contributed by atoms with Crippen molar-refractivity contribution in [3.05, 3.63) is 64.7 Å². The van der Waals surface area contributed by atoms with E-state index in [-0.39, 0.29) is 5.91 Å². The largest absolute Gasteiger partial charge is 0.345 e. The van der Waals surface area contributed by atoms with Gasteiger partial charge < -0.3 is 5.32 Å². The third-order valence-electron chi connectivity index (χ3n) is 3.55. The van der Waals surface area contributed by atoms with Crippen LogP contribution in [0.5, 0.6) is 0 Å². The summed E-state index contributed by atoms with van der Waals surface area (Å²) in [6, 6.07) is 14.0. The zero-order valence-corrected chi connectivity index (χ0v) is 16.5. The van der Waals surface area contributed by atoms with Crippen molar-refractivity contribution in [3.8, 4) is 0 Å². The molecule has 1 unspecified atom stereocenters. The summed E-state index contributed by atoms with van der Waals surface area (Å²) in [7, 11) is 0. The second-order valence-electron chi connectivity index (χ2n) is 5.81. The first-order valence-corrected chi connectivity index (χ1v) is 9.56. The summed E-state index contributed by atoms with van der Waals surface area (Å²) >= 11 is 7.54. The Kier molecular flexibility index (Phi) is 7.69. The Morgan fingerprint density at radius 2 is 1.63 bits per heavy atom. The van der Waals surface area contributed by atoms with Gasteiger partial charge in [0.1, 0.15) is 6.04 Å². The second-order valence-corrected chi connectivity index (χ2v) is 7.29. The van der Waals surface area contributed by atoms with E-state index in [1.807, 2.05) is 36.4 Å². The molecule has 2 aromatic carbocycles. The number of carbonyl (C=O) groups excluding carboxylic acids is 3. The molecule has 3 amide bonds. The second kappa shape index (κ2) is 9.99. The maximum atomic E-state index is 12.1. The number of hydrazine groups is 1. The van der Waals surface area contributed by atoms with Crippen LogP contribution in [0.4, 0.5) is 0 Å². The van der Waals surface area contributed by atoms with Gasteiger partial charge in [-0.1, -0.05) is 23.7 Å². The first-order valence-electron chi connectivity index (χ1n) is 8.20. The molecule has 0 aliphatic heterocycles. The van der Waals surface area contributed by atoms with E-state index in [4.69, 9.17) is 11.6 Å². The van der Waals surface area contributed by atoms with E-state index in [0.717, 1.165) is 16.2 Å². The van der Waals surface area contributed by atoms with Gasteiger partial charge >= 0.3 is 0 Å². The van der Waals surface area contributed by atoms with Crippen LogP contribution in [0.25, 0.3) is 0 Å². The molecule has 0 saturated heterocycles. The third-order valence-corrected chi connectivity index (χ3v) is 4.88. The van der Waals surface area contributed by atoms with Gasteiger partial charge in [-0.2, -0.15) is 0 Å². The van der Waals surface area contributed by atoms with Gasteiger partial charge in [0.15, 0.2) is 0 Å². The number of carbonyl (C=O) groups is 3. The Labute approximate surface area is 167 Å². The van der Waals surface area contributed by atoms with Crippen LogP contribution in [0.15, 0.2) is 53.4 Å². The van der Waals surface area contributed by atoms with Crippen molar-refractivity contribution in [2.24, 2.45) is 0 Å². The first-order chi connectivity index (χ1) is 12.8. The molecule has 3 N–H and O–H groups in total. The fourth-order valence-corrected chi connectivity index (χ4v) is 3.10. The fourth-order valence-electron chi connectivity index (χ4n) is 2.12. The van der Waals surface area contributed by atoms with E-state index >= 15 is 0 Å². The minimum atomic E-state index is -0.741. The summed E-state index contributed by atoms with van der Waals surface area (Å²) in [5.74, 6) is -0.505. The van der Waals surface area contributed by atoms with Gasteiger partial charge in [0.05, 0.1) is 0 Å². The number of amides is 3. The van der Waals surface area contributed by atoms with Crippen molar-refractivity contribution < 1.29 is 14.4 Å². The van der Waals surface area contributed by atoms with Crippen LogP contribution in [0, 0.1) is 0 Å². The molecule has 0 spiro atoms. The average molecular weight is 406 g/mol. The Bertz CT molecular complexity index is 810. The Hall–Kier alpha value is -2.51. The SMILES string of the molecule is CC(=O)NC(C)C(=O)NNC(=O)c1ccc(CSc2ccc(Cl)cc2)cc1. The van der Waals surface area contributed by atoms with Crippen molar-refractivity contribution >= 4 is 41.1 Å². The normalized spacial score (nSPS) is 11.4. The van der Waals surface area contributed by atoms with Crippen LogP contribution in [0.1, 0.15) is 29.8 Å². The highest BCUT2D eigenvalue weighted by molar-refractivity contribution is 7.98. The zero-order valence-electron chi connectivity index (χ0n) is 14.9. The van der Waals surface area contributed by atoms with Gasteiger partial charge in [-0.25, -0.2) is 0 Å². The molecule has 1 atom stereocenters. The highest BCUT2D eigenvalue weighted by Gasteiger charge is 2.14. The molecule has 0 saturated carbocycles. The zero-order chi connectivity index (χ0) is 19.8. The van der Waals surface area contributed by atoms with E-state index in [0.29, 0.717) is 10.6 Å². The topological polar surface area (TPSA) is 87.3 Å². The Balaban J connectivity index is 1.83. The van der Waals surface area contributed by atoms with E-state index in [1.165, 1.54) is 13.8 Å². The summed E-state index contributed by atoms with van der Waals surface area (Å²) in [5, 5.41) is 3.13. The van der Waals surface area contributed by atoms with Crippen molar-refractivity contribution in [2.45, 2.75) is 30.5 Å². The lowest BCUT2D eigenvalue weighted by atomic mass is 10.1. The highest BCUT2D eigenvalue weighted by Crippen LogP contribution is 2.24. The smallest absolute Gasteiger partial charge is 0.269 e. The number of halogens is 1. The molecule has 0 aliphatic rings. The number of thioether (sulfide) groups is 1. The van der Waals surface area contributed by atoms with Gasteiger partial charge in [0, 0.05) is 28.2 Å². The van der Waals surface area contributed by atoms with Crippen molar-refractivity contribution in [1.82, 2.24) is 16.2 Å². The lowest BCUT2D eigenvalue weighted by Crippen LogP contribution is -2.50. The molecule has 0 aliphatic carbocycles. The molecule has 0 aromatic heterocycles. The van der Waals surface area contributed by atoms with Gasteiger partial charge in [0.2, 0.25) is 5.91 Å². The molecule has 2 aromatic rings. The summed E-state index contributed by atoms with van der Waals surface area (Å²) < 4.78 is 0. The minimum Gasteiger partial charge on any atom is -0.345 e. The van der Waals surface area contributed by atoms with Crippen LogP contribution in [-0.4, -0.2) is 23.8 Å². The maximum Gasteiger partial charge on any atom is 0.269 e. The summed E-state index contributed by atoms with van der Waals surface area (Å²) in [6.45, 7) is 2.84. The number of nitrogens with one attached hydrogen (secondary N) is 3. The molecule has 8 heteroatoms. The molecule has 142 valence electrons. The standard InChI is InChI=1S/C19H20ClN3O3S/c1-12(21-13(2)24)18(25)22-23-19(26)15-5-3-14(4-6-15)11-27-17-9-7-16(20)8-10-17/h3-10,12H,11H2,1-2H3,(H,21,24)(H,22,25)(H,23,26). The quantitative estimate of drug-likeness (QED) is 0.509. The number of rotatable bonds is 6. The van der Waals surface area contributed by atoms with Crippen LogP contribution < -0.4 is 16.2 Å². The molecule has 27 heavy (non-hydrogen) atoms. The lowest BCUT2D eigenvalue weighted by molar-refractivity contribution is -0.128. The van der Waals surface area contributed by atoms with Gasteiger partial charge in [-0.05, 0) is 48.9 Å². The van der Waals surface area contributed by atoms with E-state index in [1.54, 1.807) is 23.9 Å². The predicted molar refractivity (Wildman–Crippen MR) is 106 cm³/mol. The number of benzene rings is 2. The molecule has 2 rings (SSSR count). The van der Waals surface area contributed by atoms with Crippen LogP contribution in [0.3, 0.4) is 0 Å². The van der Waals surface area contributed by atoms with Crippen molar-refractivity contribution in [3.63, 3.8) is 0 Å². The molecular weight excluding hydrogens is 386 g/mol. The molecule has 6 nitrogen and oxygen atoms in total. The summed E-state index contributed by atoms with van der Waals surface area (Å²) in [4.78, 5) is 35.9. The fraction of sp³-hybridized carbons (Fsp3) is 0.211. The number of hydrogen-bond acceptors (Lipinski definition) is 4. The van der Waals surface area contributed by atoms with Crippen molar-refractivity contribution in [1.29, 1.82) is 0 Å². The van der Waals surface area contributed by atoms with Crippen LogP contribution in [0.2, 0.25) is 5.02 Å². The summed E-state index contributed by atoms with van der Waals surface area (Å²) in [5.41, 5.74) is 6.10. The van der Waals surface area contributed by atoms with Crippen LogP contribution >= 0.6 is 23.4 Å². The molecule has 0 bridgehead atoms. The van der Waals surface area contributed by atoms with Gasteiger partial charge in [0.25, 0.3) is 11.8 Å². The molecule has 0 fully saturated rings. The van der Waals surface area contributed by atoms with Crippen molar-refractivity contribution in [2.75, 3.05) is 0 Å². The molecule has 0 radical (unpaired) electrons. The Morgan fingerprint density at radius 1 is 1.00 bits per heavy atom. The molecule has 0 heterocycles. The average Bonchev–Trinajstić information content (AvgIpc) is 2.65. The predicted octanol–water partition coefficient (Wildman–Crippen LogP) is 2.92. The van der Waals surface area contributed by atoms with Gasteiger partial charge in [-0.3, -0.25) is 25.2 Å².